The van der Waals surface area contributed by atoms with Crippen molar-refractivity contribution < 1.29 is 31.5 Å². The Bertz CT molecular complexity index is 437. The number of nitrogens with one attached hydrogen (secondary N) is 1. The average molecular weight is 275 g/mol. The molecule has 16 heavy (non-hydrogen) atoms. The smallest absolute Gasteiger partial charge is 0.334 e. The zero-order valence-corrected chi connectivity index (χ0v) is 10.3. The summed E-state index contributed by atoms with van der Waals surface area (Å²) >= 11 is 0. The van der Waals surface area contributed by atoms with Crippen molar-refractivity contribution in [3.8, 4) is 0 Å². The molecule has 0 heterocycles. The van der Waals surface area contributed by atoms with Gasteiger partial charge in [-0.2, -0.15) is 0 Å². The predicted octanol–water partition coefficient (Wildman–Crippen LogP) is -1.99. The number of carboxylic acids is 1. The Labute approximate surface area is 93.6 Å². The number of carbonyl (C=O) groups is 1. The fourth-order valence-electron chi connectivity index (χ4n) is 0.798. The largest absolute Gasteiger partial charge is 0.479 e. The minimum Gasteiger partial charge on any atom is -0.479 e. The molecule has 0 saturated heterocycles. The highest BCUT2D eigenvalue weighted by molar-refractivity contribution is 8.06. The molecule has 1 unspecified atom stereocenters. The van der Waals surface area contributed by atoms with Crippen molar-refractivity contribution in [3.63, 3.8) is 0 Å². The van der Waals surface area contributed by atoms with Crippen LogP contribution in [0.2, 0.25) is 0 Å². The van der Waals surface area contributed by atoms with Crippen molar-refractivity contribution in [3.05, 3.63) is 0 Å². The Kier molecular flexibility index (Phi) is 5.32. The third-order valence-electron chi connectivity index (χ3n) is 1.42. The standard InChI is InChI=1S/C6H13NO7S2/c1-14-5(6(8)9)3-7-16(12,13)4-15(2,10)11/h5,7H,3-4H2,1-2H3,(H,8,9). The number of hydrogen-bond donors (Lipinski definition) is 2. The molecule has 0 radical (unpaired) electrons. The molecule has 0 aliphatic carbocycles. The van der Waals surface area contributed by atoms with Crippen LogP contribution in [0.15, 0.2) is 0 Å². The lowest BCUT2D eigenvalue weighted by atomic mass is 10.4. The fourth-order valence-corrected chi connectivity index (χ4v) is 3.79. The summed E-state index contributed by atoms with van der Waals surface area (Å²) in [5.74, 6) is -1.34. The van der Waals surface area contributed by atoms with Gasteiger partial charge < -0.3 is 9.84 Å². The molecular weight excluding hydrogens is 262 g/mol. The zero-order chi connectivity index (χ0) is 13.0. The third kappa shape index (κ3) is 6.71. The van der Waals surface area contributed by atoms with Gasteiger partial charge in [-0.05, 0) is 0 Å². The maximum atomic E-state index is 11.2. The summed E-state index contributed by atoms with van der Waals surface area (Å²) in [6.45, 7) is -0.524. The Balaban J connectivity index is 4.46. The van der Waals surface area contributed by atoms with Crippen LogP contribution < -0.4 is 4.72 Å². The molecular formula is C6H13NO7S2. The van der Waals surface area contributed by atoms with Gasteiger partial charge in [-0.1, -0.05) is 0 Å². The van der Waals surface area contributed by atoms with E-state index in [-0.39, 0.29) is 0 Å². The van der Waals surface area contributed by atoms with Gasteiger partial charge in [0.25, 0.3) is 0 Å². The van der Waals surface area contributed by atoms with Crippen LogP contribution in [-0.2, 0) is 29.4 Å². The second-order valence-electron chi connectivity index (χ2n) is 3.07. The molecule has 0 fully saturated rings. The Morgan fingerprint density at radius 1 is 1.38 bits per heavy atom. The first-order valence-electron chi connectivity index (χ1n) is 3.98. The first-order chi connectivity index (χ1) is 7.07. The van der Waals surface area contributed by atoms with Crippen LogP contribution in [-0.4, -0.2) is 59.0 Å². The first-order valence-corrected chi connectivity index (χ1v) is 7.69. The van der Waals surface area contributed by atoms with E-state index in [1.807, 2.05) is 4.72 Å². The number of aliphatic carboxylic acids is 1. The molecule has 0 aromatic carbocycles. The lowest BCUT2D eigenvalue weighted by Crippen LogP contribution is -2.39. The van der Waals surface area contributed by atoms with E-state index in [4.69, 9.17) is 5.11 Å². The lowest BCUT2D eigenvalue weighted by Gasteiger charge is -2.11. The Morgan fingerprint density at radius 2 is 1.88 bits per heavy atom. The van der Waals surface area contributed by atoms with E-state index in [1.54, 1.807) is 0 Å². The number of methoxy groups -OCH3 is 1. The molecule has 8 nitrogen and oxygen atoms in total. The van der Waals surface area contributed by atoms with Crippen molar-refractivity contribution in [2.24, 2.45) is 0 Å². The molecule has 0 bridgehead atoms. The maximum absolute atomic E-state index is 11.2. The van der Waals surface area contributed by atoms with Gasteiger partial charge >= 0.3 is 5.97 Å². The van der Waals surface area contributed by atoms with Crippen molar-refractivity contribution in [1.29, 1.82) is 0 Å². The molecule has 0 aromatic heterocycles. The van der Waals surface area contributed by atoms with Crippen LogP contribution in [0, 0.1) is 0 Å². The normalized spacial score (nSPS) is 14.6. The molecule has 10 heteroatoms. The molecule has 96 valence electrons. The number of hydrogen-bond acceptors (Lipinski definition) is 6. The summed E-state index contributed by atoms with van der Waals surface area (Å²) in [4.78, 5) is 10.5. The maximum Gasteiger partial charge on any atom is 0.334 e. The highest BCUT2D eigenvalue weighted by Gasteiger charge is 2.22. The van der Waals surface area contributed by atoms with Gasteiger partial charge in [0.1, 0.15) is 0 Å². The highest BCUT2D eigenvalue weighted by atomic mass is 32.3. The van der Waals surface area contributed by atoms with Gasteiger partial charge in [0.15, 0.2) is 21.0 Å². The molecule has 0 amide bonds. The summed E-state index contributed by atoms with van der Waals surface area (Å²) in [6, 6.07) is 0. The highest BCUT2D eigenvalue weighted by Crippen LogP contribution is 1.94. The molecule has 0 spiro atoms. The molecule has 0 aliphatic rings. The van der Waals surface area contributed by atoms with E-state index in [9.17, 15) is 21.6 Å². The van der Waals surface area contributed by atoms with Gasteiger partial charge in [-0.3, -0.25) is 0 Å². The Hall–Kier alpha value is -0.710. The van der Waals surface area contributed by atoms with Crippen molar-refractivity contribution in [2.45, 2.75) is 6.10 Å². The zero-order valence-electron chi connectivity index (χ0n) is 8.70. The molecule has 0 saturated carbocycles. The predicted molar refractivity (Wildman–Crippen MR) is 55.1 cm³/mol. The van der Waals surface area contributed by atoms with Gasteiger partial charge in [-0.15, -0.1) is 0 Å². The second kappa shape index (κ2) is 5.57. The average Bonchev–Trinajstić information content (AvgIpc) is 1.99. The minimum atomic E-state index is -4.06. The quantitative estimate of drug-likeness (QED) is 0.550. The number of rotatable bonds is 7. The third-order valence-corrected chi connectivity index (χ3v) is 4.98. The van der Waals surface area contributed by atoms with Gasteiger partial charge in [0.05, 0.1) is 0 Å². The fraction of sp³-hybridized carbons (Fsp3) is 0.833. The van der Waals surface area contributed by atoms with E-state index < -0.39 is 43.6 Å². The van der Waals surface area contributed by atoms with Gasteiger partial charge in [0.2, 0.25) is 10.0 Å². The molecule has 0 rings (SSSR count). The molecule has 0 aromatic rings. The topological polar surface area (TPSA) is 127 Å². The van der Waals surface area contributed by atoms with E-state index in [0.717, 1.165) is 13.4 Å². The van der Waals surface area contributed by atoms with Gasteiger partial charge in [0, 0.05) is 19.9 Å². The van der Waals surface area contributed by atoms with Crippen molar-refractivity contribution in [2.75, 3.05) is 25.0 Å². The number of sulfone groups is 1. The summed E-state index contributed by atoms with van der Waals surface area (Å²) in [7, 11) is -6.65. The van der Waals surface area contributed by atoms with E-state index in [0.29, 0.717) is 0 Å². The number of carboxylic acid groups (broad SMARTS) is 1. The van der Waals surface area contributed by atoms with Crippen molar-refractivity contribution in [1.82, 2.24) is 4.72 Å². The SMILES string of the molecule is COC(CNS(=O)(=O)CS(C)(=O)=O)C(=O)O. The van der Waals surface area contributed by atoms with Crippen molar-refractivity contribution >= 4 is 25.8 Å². The first kappa shape index (κ1) is 15.3. The van der Waals surface area contributed by atoms with E-state index in [1.165, 1.54) is 0 Å². The summed E-state index contributed by atoms with van der Waals surface area (Å²) in [5, 5.41) is 7.44. The van der Waals surface area contributed by atoms with Gasteiger partial charge in [-0.25, -0.2) is 26.4 Å². The van der Waals surface area contributed by atoms with Crippen LogP contribution in [0.25, 0.3) is 0 Å². The second-order valence-corrected chi connectivity index (χ2v) is 7.38. The summed E-state index contributed by atoms with van der Waals surface area (Å²) < 4.78 is 50.1. The van der Waals surface area contributed by atoms with Crippen LogP contribution in [0.4, 0.5) is 0 Å². The summed E-state index contributed by atoms with van der Waals surface area (Å²) in [6.07, 6.45) is -0.591. The van der Waals surface area contributed by atoms with Crippen LogP contribution in [0.3, 0.4) is 0 Å². The molecule has 1 atom stereocenters. The van der Waals surface area contributed by atoms with Crippen LogP contribution in [0.5, 0.6) is 0 Å². The monoisotopic (exact) mass is 275 g/mol. The lowest BCUT2D eigenvalue weighted by molar-refractivity contribution is -0.147. The summed E-state index contributed by atoms with van der Waals surface area (Å²) in [5.41, 5.74) is 0. The number of sulfonamides is 1. The Morgan fingerprint density at radius 3 is 2.19 bits per heavy atom. The molecule has 2 N–H and O–H groups in total. The van der Waals surface area contributed by atoms with E-state index >= 15 is 0 Å². The molecule has 0 aliphatic heterocycles. The minimum absolute atomic E-state index is 0.524. The van der Waals surface area contributed by atoms with E-state index in [2.05, 4.69) is 4.74 Å². The van der Waals surface area contributed by atoms with Crippen LogP contribution in [0.1, 0.15) is 0 Å². The number of ether oxygens (including phenoxy) is 1. The van der Waals surface area contributed by atoms with Crippen LogP contribution >= 0.6 is 0 Å².